The molecule has 0 saturated carbocycles. The molecule has 0 bridgehead atoms. The molecule has 3 heteroatoms. The van der Waals surface area contributed by atoms with Crippen molar-refractivity contribution in [1.29, 1.82) is 0 Å². The molecule has 15 heavy (non-hydrogen) atoms. The number of carbonyl (C=O) groups excluding carboxylic acids is 1. The molecular weight excluding hydrogens is 190 g/mol. The van der Waals surface area contributed by atoms with Crippen molar-refractivity contribution >= 4 is 5.78 Å². The molecule has 0 aliphatic heterocycles. The van der Waals surface area contributed by atoms with E-state index < -0.39 is 5.60 Å². The van der Waals surface area contributed by atoms with Crippen LogP contribution in [-0.4, -0.2) is 23.0 Å². The highest BCUT2D eigenvalue weighted by Gasteiger charge is 2.29. The Labute approximate surface area is 90.5 Å². The first-order valence-corrected chi connectivity index (χ1v) is 5.08. The number of hydrogen-bond donors (Lipinski definition) is 0. The normalized spacial score (nSPS) is 11.5. The number of ether oxygens (including phenoxy) is 1. The highest BCUT2D eigenvalue weighted by molar-refractivity contribution is 6.01. The summed E-state index contributed by atoms with van der Waals surface area (Å²) in [5.41, 5.74) is 0.811. The fourth-order valence-electron chi connectivity index (χ4n) is 1.45. The van der Waals surface area contributed by atoms with Crippen LogP contribution in [0.25, 0.3) is 0 Å². The number of rotatable bonds is 4. The molecule has 0 radical (unpaired) electrons. The van der Waals surface area contributed by atoms with E-state index in [2.05, 4.69) is 4.98 Å². The largest absolute Gasteiger partial charge is 0.368 e. The third-order valence-electron chi connectivity index (χ3n) is 2.19. The molecular formula is C12H17NO2. The van der Waals surface area contributed by atoms with Gasteiger partial charge in [0.2, 0.25) is 0 Å². The SMILES string of the molecule is CCOC(C)(C)C(=O)c1cncc(C)c1. The van der Waals surface area contributed by atoms with E-state index in [9.17, 15) is 4.79 Å². The van der Waals surface area contributed by atoms with E-state index in [4.69, 9.17) is 4.74 Å². The number of carbonyl (C=O) groups is 1. The van der Waals surface area contributed by atoms with Crippen molar-refractivity contribution in [2.75, 3.05) is 6.61 Å². The van der Waals surface area contributed by atoms with Crippen molar-refractivity contribution in [3.63, 3.8) is 0 Å². The first-order chi connectivity index (χ1) is 6.97. The third kappa shape index (κ3) is 2.86. The molecule has 1 aromatic heterocycles. The zero-order chi connectivity index (χ0) is 11.5. The summed E-state index contributed by atoms with van der Waals surface area (Å²) >= 11 is 0. The summed E-state index contributed by atoms with van der Waals surface area (Å²) in [6.45, 7) is 7.88. The predicted octanol–water partition coefficient (Wildman–Crippen LogP) is 2.39. The maximum absolute atomic E-state index is 12.0. The van der Waals surface area contributed by atoms with Gasteiger partial charge >= 0.3 is 0 Å². The summed E-state index contributed by atoms with van der Waals surface area (Å²) < 4.78 is 5.41. The standard InChI is InChI=1S/C12H17NO2/c1-5-15-12(3,4)11(14)10-6-9(2)7-13-8-10/h6-8H,5H2,1-4H3. The van der Waals surface area contributed by atoms with Crippen molar-refractivity contribution in [1.82, 2.24) is 4.98 Å². The molecule has 0 amide bonds. The minimum atomic E-state index is -0.774. The fraction of sp³-hybridized carbons (Fsp3) is 0.500. The summed E-state index contributed by atoms with van der Waals surface area (Å²) in [4.78, 5) is 16.0. The van der Waals surface area contributed by atoms with Crippen LogP contribution in [0.15, 0.2) is 18.5 Å². The Morgan fingerprint density at radius 3 is 2.67 bits per heavy atom. The molecule has 0 aromatic carbocycles. The Bertz CT molecular complexity index is 358. The molecule has 1 heterocycles. The summed E-state index contributed by atoms with van der Waals surface area (Å²) in [6, 6.07) is 1.83. The maximum Gasteiger partial charge on any atom is 0.195 e. The molecule has 1 rings (SSSR count). The second kappa shape index (κ2) is 4.53. The van der Waals surface area contributed by atoms with Crippen LogP contribution in [0.2, 0.25) is 0 Å². The summed E-state index contributed by atoms with van der Waals surface area (Å²) in [5.74, 6) is -0.0273. The van der Waals surface area contributed by atoms with E-state index in [1.807, 2.05) is 19.9 Å². The molecule has 0 aliphatic rings. The van der Waals surface area contributed by atoms with E-state index in [0.717, 1.165) is 5.56 Å². The molecule has 1 aromatic rings. The summed E-state index contributed by atoms with van der Waals surface area (Å²) in [7, 11) is 0. The van der Waals surface area contributed by atoms with Gasteiger partial charge in [0, 0.05) is 24.6 Å². The fourth-order valence-corrected chi connectivity index (χ4v) is 1.45. The van der Waals surface area contributed by atoms with Crippen LogP contribution < -0.4 is 0 Å². The number of hydrogen-bond acceptors (Lipinski definition) is 3. The van der Waals surface area contributed by atoms with Gasteiger partial charge in [-0.1, -0.05) is 0 Å². The minimum absolute atomic E-state index is 0.0273. The van der Waals surface area contributed by atoms with Crippen LogP contribution in [0.5, 0.6) is 0 Å². The van der Waals surface area contributed by atoms with Crippen LogP contribution in [-0.2, 0) is 4.74 Å². The smallest absolute Gasteiger partial charge is 0.195 e. The van der Waals surface area contributed by atoms with Gasteiger partial charge in [-0.3, -0.25) is 9.78 Å². The van der Waals surface area contributed by atoms with E-state index in [1.54, 1.807) is 26.2 Å². The summed E-state index contributed by atoms with van der Waals surface area (Å²) in [5, 5.41) is 0. The van der Waals surface area contributed by atoms with Gasteiger partial charge in [-0.05, 0) is 39.3 Å². The predicted molar refractivity (Wildman–Crippen MR) is 59.0 cm³/mol. The van der Waals surface area contributed by atoms with Crippen molar-refractivity contribution in [3.05, 3.63) is 29.6 Å². The molecule has 0 unspecified atom stereocenters. The lowest BCUT2D eigenvalue weighted by Crippen LogP contribution is -2.35. The highest BCUT2D eigenvalue weighted by atomic mass is 16.5. The molecule has 0 aliphatic carbocycles. The second-order valence-corrected chi connectivity index (χ2v) is 4.02. The average molecular weight is 207 g/mol. The van der Waals surface area contributed by atoms with Crippen molar-refractivity contribution in [3.8, 4) is 0 Å². The van der Waals surface area contributed by atoms with Gasteiger partial charge in [-0.2, -0.15) is 0 Å². The molecule has 0 saturated heterocycles. The van der Waals surface area contributed by atoms with E-state index >= 15 is 0 Å². The van der Waals surface area contributed by atoms with Crippen molar-refractivity contribution < 1.29 is 9.53 Å². The number of nitrogens with zero attached hydrogens (tertiary/aromatic N) is 1. The van der Waals surface area contributed by atoms with Gasteiger partial charge in [-0.15, -0.1) is 0 Å². The Kier molecular flexibility index (Phi) is 3.58. The van der Waals surface area contributed by atoms with Gasteiger partial charge in [0.25, 0.3) is 0 Å². The Balaban J connectivity index is 2.94. The Hall–Kier alpha value is -1.22. The average Bonchev–Trinajstić information content (AvgIpc) is 2.16. The van der Waals surface area contributed by atoms with E-state index in [1.165, 1.54) is 0 Å². The van der Waals surface area contributed by atoms with Crippen LogP contribution in [0.4, 0.5) is 0 Å². The van der Waals surface area contributed by atoms with Gasteiger partial charge in [0.15, 0.2) is 5.78 Å². The minimum Gasteiger partial charge on any atom is -0.368 e. The number of ketones is 1. The Morgan fingerprint density at radius 1 is 1.47 bits per heavy atom. The summed E-state index contributed by atoms with van der Waals surface area (Å²) in [6.07, 6.45) is 3.31. The second-order valence-electron chi connectivity index (χ2n) is 4.02. The monoisotopic (exact) mass is 207 g/mol. The lowest BCUT2D eigenvalue weighted by Gasteiger charge is -2.22. The lowest BCUT2D eigenvalue weighted by molar-refractivity contribution is 0.00123. The van der Waals surface area contributed by atoms with Crippen molar-refractivity contribution in [2.24, 2.45) is 0 Å². The van der Waals surface area contributed by atoms with E-state index in [-0.39, 0.29) is 5.78 Å². The Morgan fingerprint density at radius 2 is 2.13 bits per heavy atom. The van der Waals surface area contributed by atoms with Crippen LogP contribution in [0.1, 0.15) is 36.7 Å². The third-order valence-corrected chi connectivity index (χ3v) is 2.19. The molecule has 0 spiro atoms. The highest BCUT2D eigenvalue weighted by Crippen LogP contribution is 2.17. The van der Waals surface area contributed by atoms with Gasteiger partial charge in [0.1, 0.15) is 5.60 Å². The molecule has 0 fully saturated rings. The number of Topliss-reactive ketones (excluding diaryl/α,β-unsaturated/α-hetero) is 1. The molecule has 3 nitrogen and oxygen atoms in total. The number of aromatic nitrogens is 1. The molecule has 82 valence electrons. The lowest BCUT2D eigenvalue weighted by atomic mass is 9.97. The molecule has 0 atom stereocenters. The zero-order valence-electron chi connectivity index (χ0n) is 9.70. The topological polar surface area (TPSA) is 39.2 Å². The maximum atomic E-state index is 12.0. The first-order valence-electron chi connectivity index (χ1n) is 5.08. The van der Waals surface area contributed by atoms with Crippen LogP contribution in [0.3, 0.4) is 0 Å². The van der Waals surface area contributed by atoms with E-state index in [0.29, 0.717) is 12.2 Å². The van der Waals surface area contributed by atoms with Gasteiger partial charge < -0.3 is 4.74 Å². The first kappa shape index (κ1) is 11.9. The number of pyridine rings is 1. The van der Waals surface area contributed by atoms with Crippen LogP contribution in [0, 0.1) is 6.92 Å². The van der Waals surface area contributed by atoms with Gasteiger partial charge in [-0.25, -0.2) is 0 Å². The van der Waals surface area contributed by atoms with Crippen molar-refractivity contribution in [2.45, 2.75) is 33.3 Å². The molecule has 0 N–H and O–H groups in total. The van der Waals surface area contributed by atoms with Gasteiger partial charge in [0.05, 0.1) is 0 Å². The quantitative estimate of drug-likeness (QED) is 0.711. The van der Waals surface area contributed by atoms with Crippen LogP contribution >= 0.6 is 0 Å². The zero-order valence-corrected chi connectivity index (χ0v) is 9.70. The number of aryl methyl sites for hydroxylation is 1.